The number of nitrogens with one attached hydrogen (secondary N) is 1. The molecular formula is C28H34ClN5O8S. The van der Waals surface area contributed by atoms with Gasteiger partial charge in [-0.15, -0.1) is 11.3 Å². The van der Waals surface area contributed by atoms with Crippen LogP contribution >= 0.6 is 22.9 Å². The van der Waals surface area contributed by atoms with E-state index in [0.717, 1.165) is 16.2 Å². The molecule has 0 bridgehead atoms. The number of unbranched alkanes of at least 4 members (excludes halogenated alkanes) is 1. The van der Waals surface area contributed by atoms with Gasteiger partial charge in [-0.1, -0.05) is 11.6 Å². The van der Waals surface area contributed by atoms with Crippen LogP contribution in [-0.2, 0) is 23.9 Å². The Kier molecular flexibility index (Phi) is 11.1. The fourth-order valence-corrected chi connectivity index (χ4v) is 5.57. The number of amides is 5. The summed E-state index contributed by atoms with van der Waals surface area (Å²) >= 11 is 7.06. The Balaban J connectivity index is 1.37. The minimum Gasteiger partial charge on any atom is -0.442 e. The predicted octanol–water partition coefficient (Wildman–Crippen LogP) is 1.75. The second-order valence-corrected chi connectivity index (χ2v) is 11.9. The molecule has 0 radical (unpaired) electrons. The molecule has 4 N–H and O–H groups in total. The summed E-state index contributed by atoms with van der Waals surface area (Å²) in [7, 11) is 0. The molecule has 3 heterocycles. The van der Waals surface area contributed by atoms with Crippen molar-refractivity contribution in [3.8, 4) is 0 Å². The first-order chi connectivity index (χ1) is 20.5. The van der Waals surface area contributed by atoms with Crippen LogP contribution < -0.4 is 20.9 Å². The van der Waals surface area contributed by atoms with Gasteiger partial charge in [0, 0.05) is 30.9 Å². The van der Waals surface area contributed by atoms with Gasteiger partial charge in [0.15, 0.2) is 0 Å². The highest BCUT2D eigenvalue weighted by atomic mass is 35.5. The first-order valence-electron chi connectivity index (χ1n) is 13.8. The van der Waals surface area contributed by atoms with Gasteiger partial charge in [0.2, 0.25) is 11.8 Å². The van der Waals surface area contributed by atoms with Crippen molar-refractivity contribution < 1.29 is 38.6 Å². The second kappa shape index (κ2) is 14.8. The zero-order valence-electron chi connectivity index (χ0n) is 23.6. The number of imide groups is 1. The molecule has 2 aliphatic heterocycles. The number of ether oxygens (including phenoxy) is 2. The third kappa shape index (κ3) is 8.30. The van der Waals surface area contributed by atoms with Crippen molar-refractivity contribution in [1.29, 1.82) is 0 Å². The van der Waals surface area contributed by atoms with Gasteiger partial charge in [-0.25, -0.2) is 4.79 Å². The van der Waals surface area contributed by atoms with E-state index in [4.69, 9.17) is 26.8 Å². The lowest BCUT2D eigenvalue weighted by Gasteiger charge is -2.27. The van der Waals surface area contributed by atoms with E-state index in [1.165, 1.54) is 17.9 Å². The first-order valence-corrected chi connectivity index (χ1v) is 15.0. The van der Waals surface area contributed by atoms with Crippen LogP contribution in [0, 0.1) is 0 Å². The molecule has 0 aliphatic carbocycles. The van der Waals surface area contributed by atoms with Crippen molar-refractivity contribution in [1.82, 2.24) is 10.2 Å². The minimum atomic E-state index is -1.05. The van der Waals surface area contributed by atoms with Crippen LogP contribution in [0.25, 0.3) is 0 Å². The average Bonchev–Trinajstić information content (AvgIpc) is 3.59. The van der Waals surface area contributed by atoms with Gasteiger partial charge in [-0.3, -0.25) is 29.0 Å². The molecule has 2 saturated heterocycles. The molecule has 232 valence electrons. The molecule has 1 aromatic carbocycles. The Morgan fingerprint density at radius 3 is 2.47 bits per heavy atom. The van der Waals surface area contributed by atoms with E-state index >= 15 is 0 Å². The number of aliphatic hydroxyl groups is 1. The van der Waals surface area contributed by atoms with E-state index < -0.39 is 42.1 Å². The third-order valence-corrected chi connectivity index (χ3v) is 8.21. The Bertz CT molecular complexity index is 1340. The van der Waals surface area contributed by atoms with Crippen molar-refractivity contribution in [2.24, 2.45) is 5.73 Å². The van der Waals surface area contributed by atoms with Crippen molar-refractivity contribution in [2.45, 2.75) is 44.4 Å². The quantitative estimate of drug-likeness (QED) is 0.294. The maximum Gasteiger partial charge on any atom is 0.414 e. The van der Waals surface area contributed by atoms with Crippen LogP contribution in [0.3, 0.4) is 0 Å². The maximum absolute atomic E-state index is 13.3. The summed E-state index contributed by atoms with van der Waals surface area (Å²) in [4.78, 5) is 67.7. The largest absolute Gasteiger partial charge is 0.442 e. The molecule has 2 fully saturated rings. The number of hydrogen-bond acceptors (Lipinski definition) is 10. The molecule has 15 heteroatoms. The zero-order chi connectivity index (χ0) is 31.1. The van der Waals surface area contributed by atoms with Crippen LogP contribution in [0.5, 0.6) is 0 Å². The van der Waals surface area contributed by atoms with E-state index in [0.29, 0.717) is 41.7 Å². The SMILES string of the molecule is C[C@@H](O)[C@H](N)C(=O)NCCCCC(=O)N(C[C@H]1CN(c2ccc(N3CCOCC3=O)cc2)C(=O)O1)C(=O)c1ccc(Cl)s1. The normalized spacial score (nSPS) is 18.3. The first kappa shape index (κ1) is 32.4. The van der Waals surface area contributed by atoms with Crippen LogP contribution in [0.2, 0.25) is 4.34 Å². The number of halogens is 1. The third-order valence-electron chi connectivity index (χ3n) is 6.99. The number of nitrogens with zero attached hydrogens (tertiary/aromatic N) is 3. The van der Waals surface area contributed by atoms with E-state index in [1.54, 1.807) is 35.2 Å². The van der Waals surface area contributed by atoms with Crippen molar-refractivity contribution in [3.63, 3.8) is 0 Å². The number of nitrogens with two attached hydrogens (primary N) is 1. The van der Waals surface area contributed by atoms with Gasteiger partial charge < -0.3 is 30.5 Å². The van der Waals surface area contributed by atoms with Gasteiger partial charge in [0.25, 0.3) is 11.8 Å². The summed E-state index contributed by atoms with van der Waals surface area (Å²) in [5.74, 6) is -1.65. The number of carbonyl (C=O) groups excluding carboxylic acids is 5. The molecule has 43 heavy (non-hydrogen) atoms. The monoisotopic (exact) mass is 635 g/mol. The topological polar surface area (TPSA) is 172 Å². The molecule has 2 aliphatic rings. The lowest BCUT2D eigenvalue weighted by molar-refractivity contribution is -0.129. The lowest BCUT2D eigenvalue weighted by Crippen LogP contribution is -2.47. The molecule has 5 amide bonds. The van der Waals surface area contributed by atoms with Crippen LogP contribution in [0.1, 0.15) is 35.9 Å². The summed E-state index contributed by atoms with van der Waals surface area (Å²) in [6, 6.07) is 8.93. The number of aliphatic hydroxyl groups excluding tert-OH is 1. The van der Waals surface area contributed by atoms with Gasteiger partial charge in [0.05, 0.1) is 35.0 Å². The molecular weight excluding hydrogens is 602 g/mol. The van der Waals surface area contributed by atoms with E-state index in [1.807, 2.05) is 0 Å². The Hall–Kier alpha value is -3.56. The number of benzene rings is 1. The number of thiophene rings is 1. The number of cyclic esters (lactones) is 1. The fourth-order valence-electron chi connectivity index (χ4n) is 4.58. The molecule has 2 aromatic rings. The Morgan fingerprint density at radius 2 is 1.84 bits per heavy atom. The van der Waals surface area contributed by atoms with Crippen LogP contribution in [0.15, 0.2) is 36.4 Å². The maximum atomic E-state index is 13.3. The number of rotatable bonds is 12. The molecule has 4 rings (SSSR count). The smallest absolute Gasteiger partial charge is 0.414 e. The molecule has 13 nitrogen and oxygen atoms in total. The van der Waals surface area contributed by atoms with Gasteiger partial charge in [-0.2, -0.15) is 0 Å². The molecule has 3 atom stereocenters. The average molecular weight is 636 g/mol. The summed E-state index contributed by atoms with van der Waals surface area (Å²) < 4.78 is 11.1. The van der Waals surface area contributed by atoms with E-state index in [2.05, 4.69) is 5.32 Å². The summed E-state index contributed by atoms with van der Waals surface area (Å²) in [5, 5.41) is 12.0. The van der Waals surface area contributed by atoms with Gasteiger partial charge >= 0.3 is 6.09 Å². The van der Waals surface area contributed by atoms with Crippen LogP contribution in [-0.4, -0.2) is 97.4 Å². The van der Waals surface area contributed by atoms with Crippen molar-refractivity contribution in [2.75, 3.05) is 49.2 Å². The number of hydrogen-bond donors (Lipinski definition) is 3. The number of anilines is 2. The van der Waals surface area contributed by atoms with Crippen molar-refractivity contribution in [3.05, 3.63) is 45.6 Å². The standard InChI is InChI=1S/C28H34ClN5O8S/c1-17(35)25(30)26(38)31-11-3-2-4-23(36)34(27(39)21-9-10-22(29)43-21)15-20-14-33(28(40)42-20)19-7-5-18(6-8-19)32-12-13-41-16-24(32)37/h5-10,17,20,25,35H,2-4,11-16,30H2,1H3,(H,31,38)/t17-,20-,25+/m1/s1. The molecule has 0 unspecified atom stereocenters. The summed E-state index contributed by atoms with van der Waals surface area (Å²) in [5.41, 5.74) is 6.83. The number of morpholine rings is 1. The molecule has 0 saturated carbocycles. The highest BCUT2D eigenvalue weighted by Crippen LogP contribution is 2.27. The zero-order valence-corrected chi connectivity index (χ0v) is 25.1. The lowest BCUT2D eigenvalue weighted by atomic mass is 10.1. The second-order valence-electron chi connectivity index (χ2n) is 10.2. The van der Waals surface area contributed by atoms with E-state index in [-0.39, 0.29) is 43.4 Å². The molecule has 0 spiro atoms. The molecule has 1 aromatic heterocycles. The van der Waals surface area contributed by atoms with Crippen molar-refractivity contribution >= 4 is 64.0 Å². The van der Waals surface area contributed by atoms with Gasteiger partial charge in [-0.05, 0) is 56.2 Å². The Morgan fingerprint density at radius 1 is 1.14 bits per heavy atom. The fraction of sp³-hybridized carbons (Fsp3) is 0.464. The highest BCUT2D eigenvalue weighted by molar-refractivity contribution is 7.18. The highest BCUT2D eigenvalue weighted by Gasteiger charge is 2.36. The predicted molar refractivity (Wildman–Crippen MR) is 159 cm³/mol. The Labute approximate surface area is 257 Å². The minimum absolute atomic E-state index is 0.00920. The summed E-state index contributed by atoms with van der Waals surface area (Å²) in [6.07, 6.45) is -1.58. The van der Waals surface area contributed by atoms with E-state index in [9.17, 15) is 29.1 Å². The number of carbonyl (C=O) groups is 5. The summed E-state index contributed by atoms with van der Waals surface area (Å²) in [6.45, 7) is 2.50. The van der Waals surface area contributed by atoms with Crippen LogP contribution in [0.4, 0.5) is 16.2 Å². The van der Waals surface area contributed by atoms with Gasteiger partial charge in [0.1, 0.15) is 18.8 Å².